The van der Waals surface area contributed by atoms with Crippen LogP contribution in [0, 0.1) is 5.92 Å². The maximum absolute atomic E-state index is 12.7. The molecule has 2 aliphatic rings. The summed E-state index contributed by atoms with van der Waals surface area (Å²) in [6.07, 6.45) is 1.39. The molecule has 0 radical (unpaired) electrons. The van der Waals surface area contributed by atoms with E-state index in [-0.39, 0.29) is 17.9 Å². The lowest BCUT2D eigenvalue weighted by Gasteiger charge is -2.31. The molecule has 112 valence electrons. The summed E-state index contributed by atoms with van der Waals surface area (Å²) in [5.74, 6) is -0.965. The monoisotopic (exact) mass is 288 g/mol. The minimum atomic E-state index is -0.899. The van der Waals surface area contributed by atoms with Crippen LogP contribution in [0.4, 0.5) is 0 Å². The van der Waals surface area contributed by atoms with E-state index < -0.39 is 12.0 Å². The summed E-state index contributed by atoms with van der Waals surface area (Å²) >= 11 is 0. The summed E-state index contributed by atoms with van der Waals surface area (Å²) in [6, 6.07) is 7.07. The Hall–Kier alpha value is -1.88. The van der Waals surface area contributed by atoms with Crippen LogP contribution in [0.5, 0.6) is 0 Å². The van der Waals surface area contributed by atoms with Gasteiger partial charge in [-0.2, -0.15) is 0 Å². The lowest BCUT2D eigenvalue weighted by atomic mass is 9.95. The number of hydrogen-bond donors (Lipinski definition) is 2. The van der Waals surface area contributed by atoms with Gasteiger partial charge in [0.2, 0.25) is 5.91 Å². The summed E-state index contributed by atoms with van der Waals surface area (Å²) in [5.41, 5.74) is 2.39. The van der Waals surface area contributed by atoms with Gasteiger partial charge < -0.3 is 15.3 Å². The van der Waals surface area contributed by atoms with E-state index in [0.29, 0.717) is 19.5 Å². The highest BCUT2D eigenvalue weighted by Crippen LogP contribution is 2.26. The number of aliphatic carboxylic acids is 1. The SMILES string of the molecule is CC1CCN(C(=O)[C@@H]2Cc3ccccc3CN2)C1C(=O)O. The molecular formula is C16H20N2O3. The fraction of sp³-hybridized carbons (Fsp3) is 0.500. The summed E-state index contributed by atoms with van der Waals surface area (Å²) < 4.78 is 0. The molecule has 1 saturated heterocycles. The van der Waals surface area contributed by atoms with Crippen molar-refractivity contribution >= 4 is 11.9 Å². The Morgan fingerprint density at radius 2 is 2.00 bits per heavy atom. The molecule has 2 unspecified atom stereocenters. The number of rotatable bonds is 2. The second-order valence-corrected chi connectivity index (χ2v) is 5.99. The Bertz CT molecular complexity index is 572. The number of benzene rings is 1. The molecular weight excluding hydrogens is 268 g/mol. The first-order valence-electron chi connectivity index (χ1n) is 7.41. The average molecular weight is 288 g/mol. The molecule has 0 saturated carbocycles. The van der Waals surface area contributed by atoms with Gasteiger partial charge in [0.25, 0.3) is 0 Å². The molecule has 0 spiro atoms. The van der Waals surface area contributed by atoms with Crippen LogP contribution in [0.15, 0.2) is 24.3 Å². The molecule has 1 fully saturated rings. The highest BCUT2D eigenvalue weighted by Gasteiger charge is 2.41. The number of fused-ring (bicyclic) bond motifs is 1. The van der Waals surface area contributed by atoms with E-state index in [9.17, 15) is 14.7 Å². The molecule has 2 heterocycles. The highest BCUT2D eigenvalue weighted by atomic mass is 16.4. The molecule has 3 rings (SSSR count). The van der Waals surface area contributed by atoms with E-state index in [1.54, 1.807) is 4.90 Å². The predicted octanol–water partition coefficient (Wildman–Crippen LogP) is 1.02. The van der Waals surface area contributed by atoms with Crippen molar-refractivity contribution in [2.75, 3.05) is 6.54 Å². The zero-order valence-corrected chi connectivity index (χ0v) is 12.1. The molecule has 21 heavy (non-hydrogen) atoms. The Morgan fingerprint density at radius 1 is 1.29 bits per heavy atom. The molecule has 0 bridgehead atoms. The van der Waals surface area contributed by atoms with Gasteiger partial charge >= 0.3 is 5.97 Å². The van der Waals surface area contributed by atoms with E-state index >= 15 is 0 Å². The number of nitrogens with one attached hydrogen (secondary N) is 1. The minimum Gasteiger partial charge on any atom is -0.480 e. The first kappa shape index (κ1) is 14.1. The number of hydrogen-bond acceptors (Lipinski definition) is 3. The molecule has 0 aliphatic carbocycles. The van der Waals surface area contributed by atoms with Gasteiger partial charge in [0.15, 0.2) is 0 Å². The third-order valence-corrected chi connectivity index (χ3v) is 4.62. The van der Waals surface area contributed by atoms with Crippen LogP contribution in [-0.2, 0) is 22.6 Å². The van der Waals surface area contributed by atoms with Crippen LogP contribution < -0.4 is 5.32 Å². The summed E-state index contributed by atoms with van der Waals surface area (Å²) in [7, 11) is 0. The molecule has 1 aromatic rings. The molecule has 1 amide bonds. The van der Waals surface area contributed by atoms with Crippen molar-refractivity contribution in [1.82, 2.24) is 10.2 Å². The third-order valence-electron chi connectivity index (χ3n) is 4.62. The molecule has 2 N–H and O–H groups in total. The van der Waals surface area contributed by atoms with Crippen LogP contribution >= 0.6 is 0 Å². The third kappa shape index (κ3) is 2.53. The molecule has 3 atom stereocenters. The Morgan fingerprint density at radius 3 is 2.71 bits per heavy atom. The number of carboxylic acid groups (broad SMARTS) is 1. The van der Waals surface area contributed by atoms with Crippen molar-refractivity contribution in [3.8, 4) is 0 Å². The van der Waals surface area contributed by atoms with Crippen molar-refractivity contribution in [1.29, 1.82) is 0 Å². The van der Waals surface area contributed by atoms with E-state index in [2.05, 4.69) is 11.4 Å². The van der Waals surface area contributed by atoms with E-state index in [1.165, 1.54) is 11.1 Å². The van der Waals surface area contributed by atoms with Crippen LogP contribution in [0.2, 0.25) is 0 Å². The predicted molar refractivity (Wildman–Crippen MR) is 77.7 cm³/mol. The fourth-order valence-corrected chi connectivity index (χ4v) is 3.40. The zero-order chi connectivity index (χ0) is 15.0. The smallest absolute Gasteiger partial charge is 0.326 e. The molecule has 2 aliphatic heterocycles. The second-order valence-electron chi connectivity index (χ2n) is 5.99. The van der Waals surface area contributed by atoms with Crippen molar-refractivity contribution in [2.24, 2.45) is 5.92 Å². The van der Waals surface area contributed by atoms with Crippen LogP contribution in [-0.4, -0.2) is 40.5 Å². The topological polar surface area (TPSA) is 69.6 Å². The Balaban J connectivity index is 1.76. The Kier molecular flexibility index (Phi) is 3.68. The van der Waals surface area contributed by atoms with Gasteiger partial charge in [0, 0.05) is 13.1 Å². The van der Waals surface area contributed by atoms with Crippen molar-refractivity contribution in [2.45, 2.75) is 38.4 Å². The number of likely N-dealkylation sites (tertiary alicyclic amines) is 1. The van der Waals surface area contributed by atoms with Crippen LogP contribution in [0.25, 0.3) is 0 Å². The zero-order valence-electron chi connectivity index (χ0n) is 12.1. The largest absolute Gasteiger partial charge is 0.480 e. The van der Waals surface area contributed by atoms with E-state index in [4.69, 9.17) is 0 Å². The summed E-state index contributed by atoms with van der Waals surface area (Å²) in [4.78, 5) is 25.6. The van der Waals surface area contributed by atoms with Crippen LogP contribution in [0.3, 0.4) is 0 Å². The molecule has 1 aromatic carbocycles. The second kappa shape index (κ2) is 5.48. The number of carbonyl (C=O) groups excluding carboxylic acids is 1. The quantitative estimate of drug-likeness (QED) is 0.852. The highest BCUT2D eigenvalue weighted by molar-refractivity contribution is 5.88. The normalized spacial score (nSPS) is 28.2. The number of carboxylic acids is 1. The number of nitrogens with zero attached hydrogens (tertiary/aromatic N) is 1. The minimum absolute atomic E-state index is 0.0160. The van der Waals surface area contributed by atoms with Gasteiger partial charge in [-0.05, 0) is 29.9 Å². The molecule has 5 heteroatoms. The maximum atomic E-state index is 12.7. The van der Waals surface area contributed by atoms with Gasteiger partial charge in [-0.25, -0.2) is 4.79 Å². The lowest BCUT2D eigenvalue weighted by Crippen LogP contribution is -2.53. The van der Waals surface area contributed by atoms with Gasteiger partial charge in [0.1, 0.15) is 6.04 Å². The Labute approximate surface area is 123 Å². The maximum Gasteiger partial charge on any atom is 0.326 e. The first-order chi connectivity index (χ1) is 10.1. The number of carbonyl (C=O) groups is 2. The van der Waals surface area contributed by atoms with Crippen molar-refractivity contribution in [3.05, 3.63) is 35.4 Å². The first-order valence-corrected chi connectivity index (χ1v) is 7.41. The molecule has 0 aromatic heterocycles. The van der Waals surface area contributed by atoms with E-state index in [0.717, 1.165) is 6.42 Å². The van der Waals surface area contributed by atoms with Gasteiger partial charge in [0.05, 0.1) is 6.04 Å². The van der Waals surface area contributed by atoms with Crippen molar-refractivity contribution in [3.63, 3.8) is 0 Å². The standard InChI is InChI=1S/C16H20N2O3/c1-10-6-7-18(14(10)16(20)21)15(19)13-8-11-4-2-3-5-12(11)9-17-13/h2-5,10,13-14,17H,6-9H2,1H3,(H,20,21)/t10?,13-,14?/m0/s1. The summed E-state index contributed by atoms with van der Waals surface area (Å²) in [6.45, 7) is 3.10. The van der Waals surface area contributed by atoms with Crippen LogP contribution in [0.1, 0.15) is 24.5 Å². The van der Waals surface area contributed by atoms with E-state index in [1.807, 2.05) is 25.1 Å². The van der Waals surface area contributed by atoms with Gasteiger partial charge in [-0.1, -0.05) is 31.2 Å². The lowest BCUT2D eigenvalue weighted by molar-refractivity contribution is -0.150. The average Bonchev–Trinajstić information content (AvgIpc) is 2.88. The fourth-order valence-electron chi connectivity index (χ4n) is 3.40. The van der Waals surface area contributed by atoms with Crippen molar-refractivity contribution < 1.29 is 14.7 Å². The number of amides is 1. The molecule has 5 nitrogen and oxygen atoms in total. The van der Waals surface area contributed by atoms with Gasteiger partial charge in [-0.3, -0.25) is 4.79 Å². The summed E-state index contributed by atoms with van der Waals surface area (Å²) in [5, 5.41) is 12.6. The van der Waals surface area contributed by atoms with Gasteiger partial charge in [-0.15, -0.1) is 0 Å².